The summed E-state index contributed by atoms with van der Waals surface area (Å²) in [6, 6.07) is 1.60. The molecule has 1 aliphatic heterocycles. The van der Waals surface area contributed by atoms with Gasteiger partial charge in [0, 0.05) is 24.4 Å². The molecular formula is C21H28BrNO6. The second-order valence-electron chi connectivity index (χ2n) is 8.91. The van der Waals surface area contributed by atoms with Crippen molar-refractivity contribution in [3.63, 3.8) is 0 Å². The number of rotatable bonds is 3. The van der Waals surface area contributed by atoms with Crippen LogP contribution < -0.4 is 14.8 Å². The van der Waals surface area contributed by atoms with Crippen LogP contribution in [0.3, 0.4) is 0 Å². The van der Waals surface area contributed by atoms with E-state index in [1.807, 2.05) is 27.7 Å². The van der Waals surface area contributed by atoms with Crippen LogP contribution in [0.15, 0.2) is 10.5 Å². The lowest BCUT2D eigenvalue weighted by Crippen LogP contribution is -2.48. The van der Waals surface area contributed by atoms with Gasteiger partial charge in [-0.15, -0.1) is 0 Å². The van der Waals surface area contributed by atoms with Crippen molar-refractivity contribution in [2.45, 2.75) is 77.7 Å². The van der Waals surface area contributed by atoms with Crippen molar-refractivity contribution >= 4 is 28.0 Å². The molecule has 1 aromatic carbocycles. The molecule has 0 bridgehead atoms. The number of aromatic carboxylic acids is 1. The van der Waals surface area contributed by atoms with Crippen molar-refractivity contribution in [1.29, 1.82) is 0 Å². The van der Waals surface area contributed by atoms with Gasteiger partial charge in [-0.3, -0.25) is 0 Å². The fourth-order valence-electron chi connectivity index (χ4n) is 3.97. The monoisotopic (exact) mass is 469 g/mol. The first-order chi connectivity index (χ1) is 13.4. The topological polar surface area (TPSA) is 94.1 Å². The van der Waals surface area contributed by atoms with E-state index in [1.165, 1.54) is 0 Å². The predicted molar refractivity (Wildman–Crippen MR) is 111 cm³/mol. The van der Waals surface area contributed by atoms with E-state index in [0.29, 0.717) is 21.5 Å². The molecule has 2 aliphatic rings. The number of hydrogen-bond donors (Lipinski definition) is 2. The second-order valence-corrected chi connectivity index (χ2v) is 9.76. The van der Waals surface area contributed by atoms with E-state index in [-0.39, 0.29) is 17.5 Å². The molecule has 0 saturated heterocycles. The summed E-state index contributed by atoms with van der Waals surface area (Å²) in [5, 5.41) is 12.3. The third-order valence-corrected chi connectivity index (χ3v) is 6.06. The number of carboxylic acids is 1. The van der Waals surface area contributed by atoms with Gasteiger partial charge in [0.25, 0.3) is 5.79 Å². The first kappa shape index (κ1) is 21.7. The van der Waals surface area contributed by atoms with Crippen LogP contribution in [0.4, 0.5) is 4.79 Å². The number of benzene rings is 1. The van der Waals surface area contributed by atoms with Crippen molar-refractivity contribution in [1.82, 2.24) is 5.32 Å². The van der Waals surface area contributed by atoms with Crippen LogP contribution in [-0.4, -0.2) is 34.6 Å². The Labute approximate surface area is 179 Å². The van der Waals surface area contributed by atoms with Gasteiger partial charge in [-0.25, -0.2) is 9.59 Å². The van der Waals surface area contributed by atoms with E-state index in [0.717, 1.165) is 25.7 Å². The molecule has 1 atom stereocenters. The molecule has 160 valence electrons. The number of nitrogens with one attached hydrogen (secondary N) is 1. The summed E-state index contributed by atoms with van der Waals surface area (Å²) in [5.41, 5.74) is 0.222. The van der Waals surface area contributed by atoms with E-state index in [9.17, 15) is 14.7 Å². The highest BCUT2D eigenvalue weighted by atomic mass is 79.9. The van der Waals surface area contributed by atoms with Crippen LogP contribution >= 0.6 is 15.9 Å². The maximum Gasteiger partial charge on any atom is 0.407 e. The summed E-state index contributed by atoms with van der Waals surface area (Å²) in [4.78, 5) is 23.5. The molecule has 8 heteroatoms. The van der Waals surface area contributed by atoms with Gasteiger partial charge in [0.15, 0.2) is 11.5 Å². The summed E-state index contributed by atoms with van der Waals surface area (Å²) in [6.07, 6.45) is 2.82. The minimum Gasteiger partial charge on any atom is -0.478 e. The SMILES string of the molecule is Cc1c(C(=O)O)cc(Br)c2c1OC(C)(C1CCC(NC(=O)OC(C)(C)C)CC1)O2. The molecule has 1 unspecified atom stereocenters. The zero-order valence-corrected chi connectivity index (χ0v) is 19.0. The lowest BCUT2D eigenvalue weighted by Gasteiger charge is -2.37. The summed E-state index contributed by atoms with van der Waals surface area (Å²) in [7, 11) is 0. The zero-order valence-electron chi connectivity index (χ0n) is 17.4. The Kier molecular flexibility index (Phi) is 5.77. The van der Waals surface area contributed by atoms with E-state index in [1.54, 1.807) is 13.0 Å². The Bertz CT molecular complexity index is 825. The van der Waals surface area contributed by atoms with Crippen molar-refractivity contribution < 1.29 is 28.9 Å². The van der Waals surface area contributed by atoms with Gasteiger partial charge in [-0.2, -0.15) is 0 Å². The Balaban J connectivity index is 1.66. The average molecular weight is 470 g/mol. The maximum absolute atomic E-state index is 12.0. The van der Waals surface area contributed by atoms with Crippen LogP contribution in [-0.2, 0) is 4.74 Å². The van der Waals surface area contributed by atoms with Crippen molar-refractivity contribution in [3.05, 3.63) is 21.7 Å². The summed E-state index contributed by atoms with van der Waals surface area (Å²) in [6.45, 7) is 9.14. The average Bonchev–Trinajstić information content (AvgIpc) is 2.96. The van der Waals surface area contributed by atoms with Gasteiger partial charge in [-0.1, -0.05) is 0 Å². The standard InChI is InChI=1S/C21H28BrNO6/c1-11-14(18(24)25)10-15(22)17-16(11)27-21(5,28-17)12-6-8-13(9-7-12)23-19(26)29-20(2,3)4/h10,12-13H,6-9H2,1-5H3,(H,23,26)(H,24,25). The molecule has 0 aromatic heterocycles. The normalized spacial score (nSPS) is 26.1. The molecular weight excluding hydrogens is 442 g/mol. The van der Waals surface area contributed by atoms with Crippen LogP contribution in [0.5, 0.6) is 11.5 Å². The minimum absolute atomic E-state index is 0.0561. The lowest BCUT2D eigenvalue weighted by molar-refractivity contribution is -0.121. The van der Waals surface area contributed by atoms with Crippen LogP contribution in [0.1, 0.15) is 69.3 Å². The highest BCUT2D eigenvalue weighted by Crippen LogP contribution is 2.51. The van der Waals surface area contributed by atoms with Gasteiger partial charge in [-0.05, 0) is 75.4 Å². The molecule has 1 fully saturated rings. The highest BCUT2D eigenvalue weighted by Gasteiger charge is 2.47. The number of halogens is 1. The third-order valence-electron chi connectivity index (χ3n) is 5.47. The summed E-state index contributed by atoms with van der Waals surface area (Å²) >= 11 is 3.41. The van der Waals surface area contributed by atoms with Crippen molar-refractivity contribution in [2.24, 2.45) is 5.92 Å². The van der Waals surface area contributed by atoms with Crippen molar-refractivity contribution in [3.8, 4) is 11.5 Å². The number of carbonyl (C=O) groups excluding carboxylic acids is 1. The first-order valence-corrected chi connectivity index (χ1v) is 10.6. The first-order valence-electron chi connectivity index (χ1n) is 9.83. The molecule has 1 aromatic rings. The van der Waals surface area contributed by atoms with Gasteiger partial charge in [0.2, 0.25) is 0 Å². The van der Waals surface area contributed by atoms with E-state index in [4.69, 9.17) is 14.2 Å². The number of amides is 1. The quantitative estimate of drug-likeness (QED) is 0.644. The van der Waals surface area contributed by atoms with Crippen LogP contribution in [0.25, 0.3) is 0 Å². The Morgan fingerprint density at radius 1 is 1.21 bits per heavy atom. The number of fused-ring (bicyclic) bond motifs is 1. The smallest absolute Gasteiger partial charge is 0.407 e. The highest BCUT2D eigenvalue weighted by molar-refractivity contribution is 9.10. The minimum atomic E-state index is -1.00. The number of carbonyl (C=O) groups is 2. The predicted octanol–water partition coefficient (Wildman–Crippen LogP) is 5.03. The Morgan fingerprint density at radius 2 is 1.79 bits per heavy atom. The largest absolute Gasteiger partial charge is 0.478 e. The van der Waals surface area contributed by atoms with Crippen LogP contribution in [0.2, 0.25) is 0 Å². The fraction of sp³-hybridized carbons (Fsp3) is 0.619. The van der Waals surface area contributed by atoms with E-state index in [2.05, 4.69) is 21.2 Å². The number of ether oxygens (including phenoxy) is 3. The van der Waals surface area contributed by atoms with Gasteiger partial charge < -0.3 is 24.6 Å². The van der Waals surface area contributed by atoms with Crippen molar-refractivity contribution in [2.75, 3.05) is 0 Å². The van der Waals surface area contributed by atoms with Gasteiger partial charge >= 0.3 is 12.1 Å². The number of carboxylic acid groups (broad SMARTS) is 1. The molecule has 7 nitrogen and oxygen atoms in total. The summed E-state index contributed by atoms with van der Waals surface area (Å²) in [5.74, 6) is -0.732. The Morgan fingerprint density at radius 3 is 2.34 bits per heavy atom. The lowest BCUT2D eigenvalue weighted by atomic mass is 9.81. The molecule has 1 aliphatic carbocycles. The van der Waals surface area contributed by atoms with Gasteiger partial charge in [0.05, 0.1) is 10.0 Å². The molecule has 0 radical (unpaired) electrons. The van der Waals surface area contributed by atoms with E-state index < -0.39 is 23.5 Å². The Hall–Kier alpha value is -1.96. The fourth-order valence-corrected chi connectivity index (χ4v) is 4.46. The van der Waals surface area contributed by atoms with Crippen LogP contribution in [0, 0.1) is 12.8 Å². The maximum atomic E-state index is 12.0. The number of alkyl carbamates (subject to hydrolysis) is 1. The molecule has 1 heterocycles. The van der Waals surface area contributed by atoms with Gasteiger partial charge in [0.1, 0.15) is 5.60 Å². The third kappa shape index (κ3) is 4.63. The summed E-state index contributed by atoms with van der Waals surface area (Å²) < 4.78 is 18.3. The molecule has 1 amide bonds. The molecule has 29 heavy (non-hydrogen) atoms. The second kappa shape index (κ2) is 7.70. The van der Waals surface area contributed by atoms with E-state index >= 15 is 0 Å². The molecule has 2 N–H and O–H groups in total. The molecule has 3 rings (SSSR count). The molecule has 1 saturated carbocycles. The number of hydrogen-bond acceptors (Lipinski definition) is 5. The zero-order chi connectivity index (χ0) is 21.6. The molecule has 0 spiro atoms.